The zero-order valence-electron chi connectivity index (χ0n) is 17.2. The lowest BCUT2D eigenvalue weighted by Crippen LogP contribution is -2.12. The molecule has 0 unspecified atom stereocenters. The molecule has 3 heterocycles. The van der Waals surface area contributed by atoms with Gasteiger partial charge >= 0.3 is 0 Å². The minimum absolute atomic E-state index is 0.0490. The number of nitrogens with zero attached hydrogens (tertiary/aromatic N) is 3. The van der Waals surface area contributed by atoms with Gasteiger partial charge in [0.15, 0.2) is 0 Å². The van der Waals surface area contributed by atoms with Crippen molar-refractivity contribution in [2.24, 2.45) is 9.98 Å². The summed E-state index contributed by atoms with van der Waals surface area (Å²) < 4.78 is 11.7. The van der Waals surface area contributed by atoms with E-state index in [-0.39, 0.29) is 18.2 Å². The summed E-state index contributed by atoms with van der Waals surface area (Å²) in [6.07, 6.45) is -0.0771. The smallest absolute Gasteiger partial charge is 0.236 e. The number of pyridine rings is 1. The first kappa shape index (κ1) is 19.8. The van der Waals surface area contributed by atoms with Crippen LogP contribution in [0.1, 0.15) is 36.9 Å². The van der Waals surface area contributed by atoms with E-state index in [0.717, 1.165) is 11.3 Å². The highest BCUT2D eigenvalue weighted by Gasteiger charge is 2.30. The molecule has 2 aromatic carbocycles. The highest BCUT2D eigenvalue weighted by Crippen LogP contribution is 2.30. The van der Waals surface area contributed by atoms with Gasteiger partial charge in [0, 0.05) is 0 Å². The molecular formula is C25H25N3O2. The van der Waals surface area contributed by atoms with E-state index in [4.69, 9.17) is 9.47 Å². The number of benzene rings is 2. The van der Waals surface area contributed by atoms with E-state index in [9.17, 15) is 0 Å². The zero-order valence-corrected chi connectivity index (χ0v) is 17.2. The van der Waals surface area contributed by atoms with Crippen LogP contribution in [0, 0.1) is 0 Å². The molecule has 5 heteroatoms. The molecule has 1 aromatic heterocycles. The average Bonchev–Trinajstić information content (AvgIpc) is 3.42. The average molecular weight is 399 g/mol. The molecule has 0 bridgehead atoms. The van der Waals surface area contributed by atoms with Crippen molar-refractivity contribution in [3.63, 3.8) is 0 Å². The second-order valence-electron chi connectivity index (χ2n) is 7.28. The fraction of sp³-hybridized carbons (Fsp3) is 0.240. The van der Waals surface area contributed by atoms with E-state index < -0.39 is 0 Å². The van der Waals surface area contributed by atoms with Crippen molar-refractivity contribution >= 4 is 11.8 Å². The molecule has 2 aliphatic rings. The van der Waals surface area contributed by atoms with Gasteiger partial charge < -0.3 is 9.47 Å². The quantitative estimate of drug-likeness (QED) is 0.633. The van der Waals surface area contributed by atoms with Crippen molar-refractivity contribution < 1.29 is 9.47 Å². The van der Waals surface area contributed by atoms with Crippen molar-refractivity contribution in [1.82, 2.24) is 4.98 Å². The summed E-state index contributed by atoms with van der Waals surface area (Å²) in [4.78, 5) is 13.7. The maximum atomic E-state index is 6.09. The first-order valence-electron chi connectivity index (χ1n) is 10.2. The molecule has 0 spiro atoms. The van der Waals surface area contributed by atoms with Crippen LogP contribution in [0.15, 0.2) is 94.9 Å². The van der Waals surface area contributed by atoms with Crippen LogP contribution in [0.4, 0.5) is 0 Å². The van der Waals surface area contributed by atoms with Gasteiger partial charge in [-0.25, -0.2) is 15.0 Å². The Kier molecular flexibility index (Phi) is 6.18. The van der Waals surface area contributed by atoms with E-state index in [0.29, 0.717) is 24.1 Å². The van der Waals surface area contributed by atoms with Gasteiger partial charge in [0.05, 0.1) is 12.1 Å². The van der Waals surface area contributed by atoms with Crippen LogP contribution in [0.2, 0.25) is 0 Å². The maximum absolute atomic E-state index is 6.09. The van der Waals surface area contributed by atoms with Gasteiger partial charge in [0.1, 0.15) is 24.1 Å². The first-order chi connectivity index (χ1) is 14.7. The van der Waals surface area contributed by atoms with E-state index in [1.165, 1.54) is 0 Å². The van der Waals surface area contributed by atoms with Gasteiger partial charge in [-0.3, -0.25) is 0 Å². The van der Waals surface area contributed by atoms with Crippen molar-refractivity contribution in [1.29, 1.82) is 0 Å². The summed E-state index contributed by atoms with van der Waals surface area (Å²) in [6, 6.07) is 28.1. The van der Waals surface area contributed by atoms with Crippen LogP contribution in [-0.4, -0.2) is 35.5 Å². The van der Waals surface area contributed by atoms with Crippen molar-refractivity contribution in [3.8, 4) is 0 Å². The largest absolute Gasteiger partial charge is 0.474 e. The zero-order chi connectivity index (χ0) is 20.8. The molecule has 152 valence electrons. The second kappa shape index (κ2) is 9.35. The fourth-order valence-corrected chi connectivity index (χ4v) is 3.29. The molecule has 0 amide bonds. The number of aliphatic imine (C=N–C) groups is 2. The maximum Gasteiger partial charge on any atom is 0.236 e. The molecule has 5 rings (SSSR count). The highest BCUT2D eigenvalue weighted by atomic mass is 16.5. The molecule has 3 atom stereocenters. The molecule has 30 heavy (non-hydrogen) atoms. The summed E-state index contributed by atoms with van der Waals surface area (Å²) in [5, 5.41) is 0. The topological polar surface area (TPSA) is 56.1 Å². The molecule has 0 saturated heterocycles. The summed E-state index contributed by atoms with van der Waals surface area (Å²) >= 11 is 0. The third-order valence-electron chi connectivity index (χ3n) is 4.78. The molecule has 3 aromatic rings. The normalized spacial score (nSPS) is 22.1. The Morgan fingerprint density at radius 1 is 0.700 bits per heavy atom. The standard InChI is InChI=1S/C19H19N3O2.C6H6/c1-12-11-23-18(20-12)15-9-6-10-16(22-15)19-21-13(2)17(24-19)14-7-4-3-5-8-14;1-2-4-6-5-3-1/h3-10,12-13,17H,11H2,1-2H3;1-6H/t12-,13-,17+;/m0./s1. The Hall–Kier alpha value is -3.47. The van der Waals surface area contributed by atoms with E-state index in [1.807, 2.05) is 79.7 Å². The summed E-state index contributed by atoms with van der Waals surface area (Å²) in [7, 11) is 0. The highest BCUT2D eigenvalue weighted by molar-refractivity contribution is 5.97. The Morgan fingerprint density at radius 3 is 1.90 bits per heavy atom. The van der Waals surface area contributed by atoms with E-state index >= 15 is 0 Å². The van der Waals surface area contributed by atoms with Gasteiger partial charge in [0.2, 0.25) is 11.8 Å². The predicted octanol–water partition coefficient (Wildman–Crippen LogP) is 4.84. The van der Waals surface area contributed by atoms with Crippen molar-refractivity contribution in [2.75, 3.05) is 6.61 Å². The van der Waals surface area contributed by atoms with Crippen LogP contribution in [0.5, 0.6) is 0 Å². The molecule has 0 radical (unpaired) electrons. The number of ether oxygens (including phenoxy) is 2. The third kappa shape index (κ3) is 4.74. The molecule has 0 aliphatic carbocycles. The molecule has 5 nitrogen and oxygen atoms in total. The van der Waals surface area contributed by atoms with Crippen LogP contribution in [0.3, 0.4) is 0 Å². The Labute approximate surface area is 177 Å². The lowest BCUT2D eigenvalue weighted by molar-refractivity contribution is 0.202. The summed E-state index contributed by atoms with van der Waals surface area (Å²) in [5.74, 6) is 1.17. The third-order valence-corrected chi connectivity index (χ3v) is 4.78. The number of rotatable bonds is 3. The number of hydrogen-bond acceptors (Lipinski definition) is 5. The lowest BCUT2D eigenvalue weighted by Gasteiger charge is -2.14. The second-order valence-corrected chi connectivity index (χ2v) is 7.28. The lowest BCUT2D eigenvalue weighted by atomic mass is 10.0. The van der Waals surface area contributed by atoms with Gasteiger partial charge in [0.25, 0.3) is 0 Å². The molecule has 2 aliphatic heterocycles. The summed E-state index contributed by atoms with van der Waals surface area (Å²) in [5.41, 5.74) is 2.56. The molecule has 0 fully saturated rings. The van der Waals surface area contributed by atoms with Gasteiger partial charge in [-0.1, -0.05) is 72.8 Å². The monoisotopic (exact) mass is 399 g/mol. The molecular weight excluding hydrogens is 374 g/mol. The Balaban J connectivity index is 0.000000313. The summed E-state index contributed by atoms with van der Waals surface area (Å²) in [6.45, 7) is 4.68. The minimum Gasteiger partial charge on any atom is -0.474 e. The van der Waals surface area contributed by atoms with E-state index in [1.54, 1.807) is 0 Å². The SMILES string of the molecule is C[C@@H]1N=C(c2cccc(C3=N[C@@H](C)CO3)n2)O[C@H]1c1ccccc1.c1ccccc1. The molecule has 0 N–H and O–H groups in total. The van der Waals surface area contributed by atoms with Crippen LogP contribution >= 0.6 is 0 Å². The number of aromatic nitrogens is 1. The minimum atomic E-state index is -0.0771. The van der Waals surface area contributed by atoms with Gasteiger partial charge in [-0.15, -0.1) is 0 Å². The Morgan fingerprint density at radius 2 is 1.30 bits per heavy atom. The van der Waals surface area contributed by atoms with Gasteiger partial charge in [-0.2, -0.15) is 0 Å². The Bertz CT molecular complexity index is 992. The predicted molar refractivity (Wildman–Crippen MR) is 119 cm³/mol. The van der Waals surface area contributed by atoms with Crippen LogP contribution in [0.25, 0.3) is 0 Å². The van der Waals surface area contributed by atoms with Crippen LogP contribution < -0.4 is 0 Å². The first-order valence-corrected chi connectivity index (χ1v) is 10.2. The van der Waals surface area contributed by atoms with Crippen molar-refractivity contribution in [3.05, 3.63) is 102 Å². The molecule has 0 saturated carbocycles. The van der Waals surface area contributed by atoms with Gasteiger partial charge in [-0.05, 0) is 31.5 Å². The van der Waals surface area contributed by atoms with Crippen LogP contribution in [-0.2, 0) is 9.47 Å². The van der Waals surface area contributed by atoms with E-state index in [2.05, 4.69) is 34.0 Å². The number of hydrogen-bond donors (Lipinski definition) is 0. The van der Waals surface area contributed by atoms with Crippen molar-refractivity contribution in [2.45, 2.75) is 32.0 Å². The fourth-order valence-electron chi connectivity index (χ4n) is 3.29.